The molecule has 1 saturated carbocycles. The Bertz CT molecular complexity index is 374. The zero-order chi connectivity index (χ0) is 10.8. The number of ether oxygens (including phenoxy) is 1. The van der Waals surface area contributed by atoms with E-state index in [0.717, 1.165) is 12.8 Å². The number of halogens is 1. The van der Waals surface area contributed by atoms with Crippen LogP contribution in [0.4, 0.5) is 0 Å². The summed E-state index contributed by atoms with van der Waals surface area (Å²) in [6.45, 7) is 0. The van der Waals surface area contributed by atoms with Crippen molar-refractivity contribution < 1.29 is 14.6 Å². The molecule has 0 spiro atoms. The van der Waals surface area contributed by atoms with Crippen LogP contribution in [-0.2, 0) is 4.79 Å². The highest BCUT2D eigenvalue weighted by Crippen LogP contribution is 2.35. The van der Waals surface area contributed by atoms with Crippen molar-refractivity contribution in [2.24, 2.45) is 5.92 Å². The van der Waals surface area contributed by atoms with Gasteiger partial charge in [-0.15, -0.1) is 0 Å². The molecule has 3 nitrogen and oxygen atoms in total. The molecule has 1 fully saturated rings. The molecule has 1 aromatic rings. The van der Waals surface area contributed by atoms with Crippen molar-refractivity contribution in [2.75, 3.05) is 0 Å². The highest BCUT2D eigenvalue weighted by atomic mass is 35.5. The number of benzene rings is 1. The van der Waals surface area contributed by atoms with Crippen LogP contribution >= 0.6 is 11.6 Å². The van der Waals surface area contributed by atoms with Crippen LogP contribution in [0.2, 0.25) is 5.02 Å². The molecule has 2 rings (SSSR count). The standard InChI is InChI=1S/C11H11ClO3/c12-8-2-1-3-9(6-8)15-10(11(13)14)7-4-5-7/h1-3,6-7,10H,4-5H2,(H,13,14). The monoisotopic (exact) mass is 226 g/mol. The summed E-state index contributed by atoms with van der Waals surface area (Å²) in [5, 5.41) is 9.50. The Hall–Kier alpha value is -1.22. The van der Waals surface area contributed by atoms with Gasteiger partial charge in [0, 0.05) is 10.9 Å². The Morgan fingerprint density at radius 2 is 2.27 bits per heavy atom. The van der Waals surface area contributed by atoms with Crippen LogP contribution in [0.5, 0.6) is 5.75 Å². The predicted octanol–water partition coefficient (Wildman–Crippen LogP) is 2.58. The summed E-state index contributed by atoms with van der Waals surface area (Å²) in [4.78, 5) is 10.9. The summed E-state index contributed by atoms with van der Waals surface area (Å²) in [5.74, 6) is -0.235. The zero-order valence-corrected chi connectivity index (χ0v) is 8.78. The molecule has 1 unspecified atom stereocenters. The van der Waals surface area contributed by atoms with Crippen LogP contribution in [-0.4, -0.2) is 17.2 Å². The molecule has 0 heterocycles. The van der Waals surface area contributed by atoms with E-state index < -0.39 is 12.1 Å². The first-order chi connectivity index (χ1) is 7.16. The van der Waals surface area contributed by atoms with E-state index in [-0.39, 0.29) is 5.92 Å². The summed E-state index contributed by atoms with van der Waals surface area (Å²) in [7, 11) is 0. The molecule has 15 heavy (non-hydrogen) atoms. The van der Waals surface area contributed by atoms with Crippen molar-refractivity contribution in [3.05, 3.63) is 29.3 Å². The van der Waals surface area contributed by atoms with Gasteiger partial charge in [-0.05, 0) is 31.0 Å². The largest absolute Gasteiger partial charge is 0.478 e. The van der Waals surface area contributed by atoms with Gasteiger partial charge in [0.2, 0.25) is 0 Å². The highest BCUT2D eigenvalue weighted by Gasteiger charge is 2.38. The van der Waals surface area contributed by atoms with E-state index >= 15 is 0 Å². The van der Waals surface area contributed by atoms with E-state index in [1.54, 1.807) is 24.3 Å². The lowest BCUT2D eigenvalue weighted by Gasteiger charge is -2.14. The van der Waals surface area contributed by atoms with E-state index in [4.69, 9.17) is 21.4 Å². The molecular formula is C11H11ClO3. The summed E-state index contributed by atoms with van der Waals surface area (Å²) >= 11 is 5.78. The molecule has 0 saturated heterocycles. The van der Waals surface area contributed by atoms with E-state index in [2.05, 4.69) is 0 Å². The zero-order valence-electron chi connectivity index (χ0n) is 8.02. The van der Waals surface area contributed by atoms with Gasteiger partial charge in [0.05, 0.1) is 0 Å². The molecule has 0 aromatic heterocycles. The first-order valence-electron chi connectivity index (χ1n) is 4.82. The van der Waals surface area contributed by atoms with E-state index in [1.807, 2.05) is 0 Å². The summed E-state index contributed by atoms with van der Waals surface area (Å²) < 4.78 is 5.40. The first-order valence-corrected chi connectivity index (χ1v) is 5.19. The summed E-state index contributed by atoms with van der Waals surface area (Å²) in [6.07, 6.45) is 1.12. The van der Waals surface area contributed by atoms with Crippen LogP contribution in [0.15, 0.2) is 24.3 Å². The third kappa shape index (κ3) is 2.63. The fraction of sp³-hybridized carbons (Fsp3) is 0.364. The van der Waals surface area contributed by atoms with Crippen molar-refractivity contribution in [2.45, 2.75) is 18.9 Å². The number of hydrogen-bond donors (Lipinski definition) is 1. The quantitative estimate of drug-likeness (QED) is 0.859. The highest BCUT2D eigenvalue weighted by molar-refractivity contribution is 6.30. The first kappa shape index (κ1) is 10.3. The number of aliphatic carboxylic acids is 1. The van der Waals surface area contributed by atoms with Gasteiger partial charge >= 0.3 is 5.97 Å². The normalized spacial score (nSPS) is 17.1. The molecule has 0 radical (unpaired) electrons. The maximum atomic E-state index is 10.9. The smallest absolute Gasteiger partial charge is 0.345 e. The third-order valence-corrected chi connectivity index (χ3v) is 2.59. The van der Waals surface area contributed by atoms with Crippen molar-refractivity contribution in [1.29, 1.82) is 0 Å². The Morgan fingerprint density at radius 1 is 1.53 bits per heavy atom. The second-order valence-corrected chi connectivity index (χ2v) is 4.11. The molecule has 4 heteroatoms. The SMILES string of the molecule is O=C(O)C(Oc1cccc(Cl)c1)C1CC1. The van der Waals surface area contributed by atoms with Gasteiger partial charge in [0.1, 0.15) is 5.75 Å². The predicted molar refractivity (Wildman–Crippen MR) is 56.2 cm³/mol. The van der Waals surface area contributed by atoms with Gasteiger partial charge in [0.25, 0.3) is 0 Å². The molecule has 1 N–H and O–H groups in total. The van der Waals surface area contributed by atoms with Crippen LogP contribution < -0.4 is 4.74 Å². The maximum Gasteiger partial charge on any atom is 0.345 e. The average Bonchev–Trinajstić information content (AvgIpc) is 2.97. The molecule has 80 valence electrons. The fourth-order valence-electron chi connectivity index (χ4n) is 1.43. The van der Waals surface area contributed by atoms with Crippen molar-refractivity contribution in [3.8, 4) is 5.75 Å². The van der Waals surface area contributed by atoms with Crippen molar-refractivity contribution in [3.63, 3.8) is 0 Å². The molecule has 1 aliphatic carbocycles. The van der Waals surface area contributed by atoms with Gasteiger partial charge in [-0.25, -0.2) is 4.79 Å². The minimum Gasteiger partial charge on any atom is -0.478 e. The third-order valence-electron chi connectivity index (χ3n) is 2.35. The number of carboxylic acids is 1. The topological polar surface area (TPSA) is 46.5 Å². The number of carboxylic acid groups (broad SMARTS) is 1. The van der Waals surface area contributed by atoms with Gasteiger partial charge in [0.15, 0.2) is 6.10 Å². The Balaban J connectivity index is 2.08. The Morgan fingerprint density at radius 3 is 2.80 bits per heavy atom. The Labute approximate surface area is 92.6 Å². The number of carbonyl (C=O) groups is 1. The second-order valence-electron chi connectivity index (χ2n) is 3.67. The Kier molecular flexibility index (Phi) is 2.82. The molecule has 0 amide bonds. The summed E-state index contributed by atoms with van der Waals surface area (Å²) in [5.41, 5.74) is 0. The lowest BCUT2D eigenvalue weighted by Crippen LogP contribution is -2.29. The maximum absolute atomic E-state index is 10.9. The van der Waals surface area contributed by atoms with Crippen LogP contribution in [0.1, 0.15) is 12.8 Å². The lowest BCUT2D eigenvalue weighted by molar-refractivity contribution is -0.146. The minimum absolute atomic E-state index is 0.154. The fourth-order valence-corrected chi connectivity index (χ4v) is 1.61. The van der Waals surface area contributed by atoms with Gasteiger partial charge in [-0.3, -0.25) is 0 Å². The molecule has 0 aliphatic heterocycles. The van der Waals surface area contributed by atoms with E-state index in [9.17, 15) is 4.79 Å². The summed E-state index contributed by atoms with van der Waals surface area (Å²) in [6, 6.07) is 6.80. The molecular weight excluding hydrogens is 216 g/mol. The average molecular weight is 227 g/mol. The van der Waals surface area contributed by atoms with Crippen LogP contribution in [0.25, 0.3) is 0 Å². The lowest BCUT2D eigenvalue weighted by atomic mass is 10.2. The van der Waals surface area contributed by atoms with E-state index in [1.165, 1.54) is 0 Å². The molecule has 1 aliphatic rings. The van der Waals surface area contributed by atoms with Crippen molar-refractivity contribution >= 4 is 17.6 Å². The van der Waals surface area contributed by atoms with Crippen LogP contribution in [0, 0.1) is 5.92 Å². The molecule has 1 aromatic carbocycles. The second kappa shape index (κ2) is 4.11. The molecule has 0 bridgehead atoms. The van der Waals surface area contributed by atoms with Gasteiger partial charge < -0.3 is 9.84 Å². The van der Waals surface area contributed by atoms with Gasteiger partial charge in [-0.1, -0.05) is 17.7 Å². The van der Waals surface area contributed by atoms with Crippen molar-refractivity contribution in [1.82, 2.24) is 0 Å². The number of hydrogen-bond acceptors (Lipinski definition) is 2. The minimum atomic E-state index is -0.905. The van der Waals surface area contributed by atoms with Gasteiger partial charge in [-0.2, -0.15) is 0 Å². The van der Waals surface area contributed by atoms with E-state index in [0.29, 0.717) is 10.8 Å². The molecule has 1 atom stereocenters. The number of rotatable bonds is 4. The van der Waals surface area contributed by atoms with Crippen LogP contribution in [0.3, 0.4) is 0 Å².